The summed E-state index contributed by atoms with van der Waals surface area (Å²) in [6.07, 6.45) is -4.34. The number of carbonyl (C=O) groups excluding carboxylic acids is 1. The number of amides is 1. The smallest absolute Gasteiger partial charge is 0.317 e. The zero-order valence-electron chi connectivity index (χ0n) is 6.73. The van der Waals surface area contributed by atoms with Gasteiger partial charge in [-0.3, -0.25) is 4.79 Å². The number of alkyl halides is 3. The first-order chi connectivity index (χ1) is 6.39. The maximum absolute atomic E-state index is 12.1. The highest BCUT2D eigenvalue weighted by Gasteiger charge is 2.29. The van der Waals surface area contributed by atoms with Crippen molar-refractivity contribution in [3.8, 4) is 0 Å². The Balaban J connectivity index is 2.84. The van der Waals surface area contributed by atoms with Gasteiger partial charge in [-0.2, -0.15) is 13.2 Å². The SMILES string of the molecule is O=C(I)Nc1ccc(C(F)(F)F)cc1. The van der Waals surface area contributed by atoms with Crippen LogP contribution in [-0.4, -0.2) is 3.91 Å². The molecule has 0 saturated heterocycles. The Hall–Kier alpha value is -0.790. The third kappa shape index (κ3) is 3.17. The molecule has 0 unspecified atom stereocenters. The number of halogens is 4. The molecule has 0 fully saturated rings. The van der Waals surface area contributed by atoms with Crippen LogP contribution >= 0.6 is 22.6 Å². The molecule has 0 heterocycles. The molecule has 1 amide bonds. The predicted molar refractivity (Wildman–Crippen MR) is 54.5 cm³/mol. The minimum Gasteiger partial charge on any atom is -0.317 e. The molecule has 76 valence electrons. The highest BCUT2D eigenvalue weighted by molar-refractivity contribution is 14.1. The van der Waals surface area contributed by atoms with E-state index < -0.39 is 11.7 Å². The molecule has 1 aromatic carbocycles. The maximum atomic E-state index is 12.1. The first-order valence-electron chi connectivity index (χ1n) is 3.53. The Labute approximate surface area is 91.6 Å². The van der Waals surface area contributed by atoms with Crippen molar-refractivity contribution in [2.45, 2.75) is 6.18 Å². The van der Waals surface area contributed by atoms with Crippen molar-refractivity contribution in [1.82, 2.24) is 0 Å². The molecule has 1 rings (SSSR count). The Kier molecular flexibility index (Phi) is 3.35. The normalized spacial score (nSPS) is 11.1. The first kappa shape index (κ1) is 11.3. The van der Waals surface area contributed by atoms with Crippen molar-refractivity contribution in [1.29, 1.82) is 0 Å². The Bertz CT molecular complexity index is 333. The van der Waals surface area contributed by atoms with Crippen molar-refractivity contribution >= 4 is 32.2 Å². The molecule has 0 bridgehead atoms. The molecule has 6 heteroatoms. The third-order valence-corrected chi connectivity index (χ3v) is 1.72. The third-order valence-electron chi connectivity index (χ3n) is 1.45. The van der Waals surface area contributed by atoms with Crippen LogP contribution in [0.15, 0.2) is 24.3 Å². The van der Waals surface area contributed by atoms with Gasteiger partial charge in [0, 0.05) is 28.3 Å². The summed E-state index contributed by atoms with van der Waals surface area (Å²) in [5.74, 6) is 0. The lowest BCUT2D eigenvalue weighted by Crippen LogP contribution is -2.05. The van der Waals surface area contributed by atoms with Gasteiger partial charge in [-0.25, -0.2) is 0 Å². The van der Waals surface area contributed by atoms with E-state index in [1.807, 2.05) is 0 Å². The van der Waals surface area contributed by atoms with Gasteiger partial charge in [0.25, 0.3) is 3.91 Å². The van der Waals surface area contributed by atoms with Crippen molar-refractivity contribution in [3.63, 3.8) is 0 Å². The van der Waals surface area contributed by atoms with Crippen LogP contribution in [0, 0.1) is 0 Å². The largest absolute Gasteiger partial charge is 0.416 e. The van der Waals surface area contributed by atoms with Crippen LogP contribution in [0.2, 0.25) is 0 Å². The molecular formula is C8H5F3INO. The lowest BCUT2D eigenvalue weighted by Gasteiger charge is -2.07. The number of rotatable bonds is 1. The highest BCUT2D eigenvalue weighted by atomic mass is 127. The molecule has 0 spiro atoms. The number of benzene rings is 1. The lowest BCUT2D eigenvalue weighted by molar-refractivity contribution is -0.137. The topological polar surface area (TPSA) is 29.1 Å². The Morgan fingerprint density at radius 1 is 1.21 bits per heavy atom. The molecule has 0 aliphatic rings. The summed E-state index contributed by atoms with van der Waals surface area (Å²) in [6.45, 7) is 0. The van der Waals surface area contributed by atoms with E-state index in [4.69, 9.17) is 0 Å². The minimum atomic E-state index is -4.34. The van der Waals surface area contributed by atoms with Crippen molar-refractivity contribution in [2.75, 3.05) is 5.32 Å². The minimum absolute atomic E-state index is 0.345. The van der Waals surface area contributed by atoms with E-state index in [2.05, 4.69) is 5.32 Å². The summed E-state index contributed by atoms with van der Waals surface area (Å²) >= 11 is 1.50. The second-order valence-electron chi connectivity index (χ2n) is 2.47. The molecule has 0 aromatic heterocycles. The van der Waals surface area contributed by atoms with Crippen molar-refractivity contribution in [2.24, 2.45) is 0 Å². The lowest BCUT2D eigenvalue weighted by atomic mass is 10.2. The second-order valence-corrected chi connectivity index (χ2v) is 3.45. The van der Waals surface area contributed by atoms with E-state index in [-0.39, 0.29) is 3.91 Å². The molecule has 0 radical (unpaired) electrons. The second kappa shape index (κ2) is 4.16. The summed E-state index contributed by atoms with van der Waals surface area (Å²) in [4.78, 5) is 10.5. The molecule has 14 heavy (non-hydrogen) atoms. The van der Waals surface area contributed by atoms with Crippen molar-refractivity contribution in [3.05, 3.63) is 29.8 Å². The molecule has 0 aliphatic carbocycles. The van der Waals surface area contributed by atoms with Crippen LogP contribution in [0.4, 0.5) is 23.7 Å². The molecule has 1 aromatic rings. The van der Waals surface area contributed by atoms with Gasteiger partial charge < -0.3 is 5.32 Å². The first-order valence-corrected chi connectivity index (χ1v) is 4.61. The van der Waals surface area contributed by atoms with Crippen LogP contribution in [0.1, 0.15) is 5.56 Å². The predicted octanol–water partition coefficient (Wildman–Crippen LogP) is 3.67. The van der Waals surface area contributed by atoms with E-state index >= 15 is 0 Å². The number of nitrogens with one attached hydrogen (secondary N) is 1. The van der Waals surface area contributed by atoms with Crippen LogP contribution in [0.3, 0.4) is 0 Å². The number of hydrogen-bond acceptors (Lipinski definition) is 1. The number of carbonyl (C=O) groups is 1. The molecule has 0 aliphatic heterocycles. The quantitative estimate of drug-likeness (QED) is 0.478. The number of hydrogen-bond donors (Lipinski definition) is 1. The van der Waals surface area contributed by atoms with Gasteiger partial charge >= 0.3 is 6.18 Å². The summed E-state index contributed by atoms with van der Waals surface area (Å²) in [5.41, 5.74) is -0.388. The van der Waals surface area contributed by atoms with E-state index in [0.29, 0.717) is 5.69 Å². The van der Waals surface area contributed by atoms with Crippen LogP contribution in [0.5, 0.6) is 0 Å². The summed E-state index contributed by atoms with van der Waals surface area (Å²) in [5, 5.41) is 2.36. The Morgan fingerprint density at radius 3 is 2.07 bits per heavy atom. The standard InChI is InChI=1S/C8H5F3INO/c9-8(10,11)5-1-3-6(4-2-5)13-7(12)14/h1-4H,(H,13,14). The monoisotopic (exact) mass is 315 g/mol. The average Bonchev–Trinajstić information content (AvgIpc) is 2.02. The zero-order chi connectivity index (χ0) is 10.8. The molecule has 0 atom stereocenters. The molecular weight excluding hydrogens is 310 g/mol. The summed E-state index contributed by atoms with van der Waals surface area (Å²) in [6, 6.07) is 4.25. The van der Waals surface area contributed by atoms with E-state index in [1.165, 1.54) is 34.7 Å². The zero-order valence-corrected chi connectivity index (χ0v) is 8.89. The van der Waals surface area contributed by atoms with Gasteiger partial charge in [-0.1, -0.05) is 0 Å². The van der Waals surface area contributed by atoms with Gasteiger partial charge in [0.15, 0.2) is 0 Å². The summed E-state index contributed by atoms with van der Waals surface area (Å²) < 4.78 is 35.9. The van der Waals surface area contributed by atoms with Crippen LogP contribution in [-0.2, 0) is 6.18 Å². The summed E-state index contributed by atoms with van der Waals surface area (Å²) in [7, 11) is 0. The Morgan fingerprint density at radius 2 is 1.71 bits per heavy atom. The van der Waals surface area contributed by atoms with E-state index in [0.717, 1.165) is 12.1 Å². The fourth-order valence-corrected chi connectivity index (χ4v) is 1.17. The maximum Gasteiger partial charge on any atom is 0.416 e. The highest BCUT2D eigenvalue weighted by Crippen LogP contribution is 2.29. The van der Waals surface area contributed by atoms with Gasteiger partial charge in [-0.15, -0.1) is 0 Å². The molecule has 1 N–H and O–H groups in total. The fourth-order valence-electron chi connectivity index (χ4n) is 0.856. The van der Waals surface area contributed by atoms with Crippen LogP contribution in [0.25, 0.3) is 0 Å². The van der Waals surface area contributed by atoms with E-state index in [9.17, 15) is 18.0 Å². The van der Waals surface area contributed by atoms with Gasteiger partial charge in [0.1, 0.15) is 0 Å². The van der Waals surface area contributed by atoms with Gasteiger partial charge in [0.05, 0.1) is 5.56 Å². The van der Waals surface area contributed by atoms with Gasteiger partial charge in [0.2, 0.25) is 0 Å². The van der Waals surface area contributed by atoms with E-state index in [1.54, 1.807) is 0 Å². The molecule has 2 nitrogen and oxygen atoms in total. The fraction of sp³-hybridized carbons (Fsp3) is 0.125. The average molecular weight is 315 g/mol. The van der Waals surface area contributed by atoms with Crippen molar-refractivity contribution < 1.29 is 18.0 Å². The molecule has 0 saturated carbocycles. The van der Waals surface area contributed by atoms with Gasteiger partial charge in [-0.05, 0) is 24.3 Å². The number of anilines is 1. The van der Waals surface area contributed by atoms with Crippen LogP contribution < -0.4 is 5.32 Å².